The van der Waals surface area contributed by atoms with Gasteiger partial charge in [0.1, 0.15) is 0 Å². The fourth-order valence-corrected chi connectivity index (χ4v) is 6.15. The van der Waals surface area contributed by atoms with Crippen molar-refractivity contribution >= 4 is 21.7 Å². The zero-order valence-corrected chi connectivity index (χ0v) is 20.3. The zero-order valence-electron chi connectivity index (χ0n) is 19.5. The van der Waals surface area contributed by atoms with Crippen LogP contribution in [0.15, 0.2) is 53.6 Å². The molecular formula is C25H32N2O6S. The number of ketones is 1. The second kappa shape index (κ2) is 10.4. The lowest BCUT2D eigenvalue weighted by molar-refractivity contribution is -0.266. The van der Waals surface area contributed by atoms with Crippen molar-refractivity contribution in [3.63, 3.8) is 0 Å². The number of aromatic nitrogens is 1. The molecular weight excluding hydrogens is 456 g/mol. The van der Waals surface area contributed by atoms with Crippen LogP contribution in [-0.4, -0.2) is 61.1 Å². The molecule has 1 aromatic carbocycles. The third-order valence-corrected chi connectivity index (χ3v) is 8.16. The van der Waals surface area contributed by atoms with E-state index in [1.807, 2.05) is 6.92 Å². The number of amides is 1. The summed E-state index contributed by atoms with van der Waals surface area (Å²) in [7, 11) is -3.82. The van der Waals surface area contributed by atoms with E-state index in [9.17, 15) is 18.0 Å². The van der Waals surface area contributed by atoms with Crippen molar-refractivity contribution in [2.24, 2.45) is 5.92 Å². The fraction of sp³-hybridized carbons (Fsp3) is 0.520. The van der Waals surface area contributed by atoms with Gasteiger partial charge in [0.25, 0.3) is 10.0 Å². The molecule has 1 aromatic heterocycles. The maximum Gasteiger partial charge on any atom is 0.267 e. The van der Waals surface area contributed by atoms with Crippen molar-refractivity contribution in [3.05, 3.63) is 54.4 Å². The first-order valence-corrected chi connectivity index (χ1v) is 13.4. The highest BCUT2D eigenvalue weighted by Gasteiger charge is 2.43. The van der Waals surface area contributed by atoms with E-state index < -0.39 is 21.7 Å². The Kier molecular flexibility index (Phi) is 7.54. The molecule has 0 N–H and O–H groups in total. The summed E-state index contributed by atoms with van der Waals surface area (Å²) in [4.78, 5) is 28.2. The number of benzene rings is 1. The Morgan fingerprint density at radius 3 is 2.53 bits per heavy atom. The third-order valence-electron chi connectivity index (χ3n) is 6.42. The molecule has 2 fully saturated rings. The number of likely N-dealkylation sites (tertiary alicyclic amines) is 1. The fourth-order valence-electron chi connectivity index (χ4n) is 4.76. The maximum atomic E-state index is 13.3. The molecule has 0 spiro atoms. The molecule has 1 unspecified atom stereocenters. The highest BCUT2D eigenvalue weighted by molar-refractivity contribution is 7.90. The average Bonchev–Trinajstić information content (AvgIpc) is 3.30. The standard InChI is InChI=1S/C25H32N2O6S/c1-2-13-26-14-7-12-22(24(26)29)23(28)19-25(32-16-8-17-33-25)18-20-9-6-15-27(20)34(30,31)21-10-4-3-5-11-21/h3-6,9-11,15,22H,2,7-8,12-14,16-19H2,1H3. The predicted octanol–water partition coefficient (Wildman–Crippen LogP) is 3.01. The Hall–Kier alpha value is -2.49. The lowest BCUT2D eigenvalue weighted by Gasteiger charge is -2.38. The highest BCUT2D eigenvalue weighted by atomic mass is 32.2. The number of hydrogen-bond donors (Lipinski definition) is 0. The molecule has 2 saturated heterocycles. The van der Waals surface area contributed by atoms with Gasteiger partial charge in [0.05, 0.1) is 30.4 Å². The summed E-state index contributed by atoms with van der Waals surface area (Å²) >= 11 is 0. The minimum Gasteiger partial charge on any atom is -0.349 e. The summed E-state index contributed by atoms with van der Waals surface area (Å²) in [5.41, 5.74) is 0.459. The summed E-state index contributed by atoms with van der Waals surface area (Å²) in [6.45, 7) is 4.14. The van der Waals surface area contributed by atoms with Gasteiger partial charge < -0.3 is 14.4 Å². The van der Waals surface area contributed by atoms with Crippen LogP contribution >= 0.6 is 0 Å². The average molecular weight is 489 g/mol. The number of carbonyl (C=O) groups is 2. The van der Waals surface area contributed by atoms with E-state index in [1.54, 1.807) is 47.4 Å². The number of ether oxygens (including phenoxy) is 2. The summed E-state index contributed by atoms with van der Waals surface area (Å²) in [6.07, 6.45) is 4.31. The van der Waals surface area contributed by atoms with Crippen LogP contribution in [0.25, 0.3) is 0 Å². The molecule has 0 saturated carbocycles. The van der Waals surface area contributed by atoms with Gasteiger partial charge in [-0.25, -0.2) is 12.4 Å². The Labute approximate surface area is 200 Å². The number of Topliss-reactive ketones (excluding diaryl/α,β-unsaturated/α-hetero) is 1. The lowest BCUT2D eigenvalue weighted by atomic mass is 9.88. The van der Waals surface area contributed by atoms with Crippen LogP contribution in [0.2, 0.25) is 0 Å². The Balaban J connectivity index is 1.57. The molecule has 34 heavy (non-hydrogen) atoms. The molecule has 3 heterocycles. The topological polar surface area (TPSA) is 94.9 Å². The van der Waals surface area contributed by atoms with Crippen LogP contribution in [0.3, 0.4) is 0 Å². The second-order valence-electron chi connectivity index (χ2n) is 8.91. The highest BCUT2D eigenvalue weighted by Crippen LogP contribution is 2.32. The Bertz CT molecular complexity index is 1100. The van der Waals surface area contributed by atoms with Crippen molar-refractivity contribution in [1.29, 1.82) is 0 Å². The molecule has 2 aromatic rings. The number of rotatable bonds is 9. The summed E-state index contributed by atoms with van der Waals surface area (Å²) in [6, 6.07) is 11.5. The zero-order chi connectivity index (χ0) is 24.2. The van der Waals surface area contributed by atoms with E-state index in [4.69, 9.17) is 9.47 Å². The number of piperidine rings is 1. The van der Waals surface area contributed by atoms with E-state index in [0.717, 1.165) is 12.8 Å². The van der Waals surface area contributed by atoms with Crippen molar-refractivity contribution in [2.75, 3.05) is 26.3 Å². The van der Waals surface area contributed by atoms with Gasteiger partial charge in [0.2, 0.25) is 5.91 Å². The summed E-state index contributed by atoms with van der Waals surface area (Å²) in [5.74, 6) is -2.34. The molecule has 184 valence electrons. The first-order chi connectivity index (χ1) is 16.4. The minimum absolute atomic E-state index is 0.0807. The van der Waals surface area contributed by atoms with Crippen LogP contribution in [0.4, 0.5) is 0 Å². The molecule has 8 nitrogen and oxygen atoms in total. The number of carbonyl (C=O) groups excluding carboxylic acids is 2. The minimum atomic E-state index is -3.82. The van der Waals surface area contributed by atoms with E-state index in [0.29, 0.717) is 44.8 Å². The molecule has 1 atom stereocenters. The van der Waals surface area contributed by atoms with Crippen LogP contribution in [-0.2, 0) is 35.5 Å². The summed E-state index contributed by atoms with van der Waals surface area (Å²) < 4.78 is 39.7. The van der Waals surface area contributed by atoms with E-state index in [2.05, 4.69) is 0 Å². The van der Waals surface area contributed by atoms with Crippen molar-refractivity contribution in [1.82, 2.24) is 8.87 Å². The van der Waals surface area contributed by atoms with Gasteiger partial charge in [-0.3, -0.25) is 9.59 Å². The number of nitrogens with zero attached hydrogens (tertiary/aromatic N) is 2. The van der Waals surface area contributed by atoms with Crippen molar-refractivity contribution < 1.29 is 27.5 Å². The SMILES string of the molecule is CCCN1CCCC(C(=O)CC2(Cc3cccn3S(=O)(=O)c3ccccc3)OCCCO2)C1=O. The monoisotopic (exact) mass is 488 g/mol. The van der Waals surface area contributed by atoms with Gasteiger partial charge in [-0.05, 0) is 49.9 Å². The van der Waals surface area contributed by atoms with Crippen molar-refractivity contribution in [2.45, 2.75) is 56.1 Å². The van der Waals surface area contributed by atoms with E-state index >= 15 is 0 Å². The molecule has 0 aliphatic carbocycles. The lowest BCUT2D eigenvalue weighted by Crippen LogP contribution is -2.49. The third kappa shape index (κ3) is 5.11. The molecule has 9 heteroatoms. The first kappa shape index (κ1) is 24.6. The van der Waals surface area contributed by atoms with Crippen LogP contribution in [0, 0.1) is 5.92 Å². The molecule has 4 rings (SSSR count). The van der Waals surface area contributed by atoms with Gasteiger partial charge in [-0.2, -0.15) is 0 Å². The Morgan fingerprint density at radius 2 is 1.82 bits per heavy atom. The van der Waals surface area contributed by atoms with E-state index in [-0.39, 0.29) is 29.4 Å². The second-order valence-corrected chi connectivity index (χ2v) is 10.7. The largest absolute Gasteiger partial charge is 0.349 e. The van der Waals surface area contributed by atoms with Crippen LogP contribution in [0.1, 0.15) is 44.7 Å². The maximum absolute atomic E-state index is 13.3. The van der Waals surface area contributed by atoms with Gasteiger partial charge in [-0.1, -0.05) is 25.1 Å². The quantitative estimate of drug-likeness (QED) is 0.504. The Morgan fingerprint density at radius 1 is 1.09 bits per heavy atom. The van der Waals surface area contributed by atoms with Crippen LogP contribution < -0.4 is 0 Å². The molecule has 0 bridgehead atoms. The first-order valence-electron chi connectivity index (χ1n) is 11.9. The summed E-state index contributed by atoms with van der Waals surface area (Å²) in [5, 5.41) is 0. The van der Waals surface area contributed by atoms with Gasteiger partial charge >= 0.3 is 0 Å². The molecule has 0 radical (unpaired) electrons. The van der Waals surface area contributed by atoms with Gasteiger partial charge in [0, 0.05) is 31.4 Å². The normalized spacial score (nSPS) is 20.9. The van der Waals surface area contributed by atoms with Crippen molar-refractivity contribution in [3.8, 4) is 0 Å². The number of hydrogen-bond acceptors (Lipinski definition) is 6. The van der Waals surface area contributed by atoms with Gasteiger partial charge in [0.15, 0.2) is 11.6 Å². The van der Waals surface area contributed by atoms with Crippen LogP contribution in [0.5, 0.6) is 0 Å². The molecule has 1 amide bonds. The molecule has 2 aliphatic rings. The molecule has 2 aliphatic heterocycles. The smallest absolute Gasteiger partial charge is 0.267 e. The predicted molar refractivity (Wildman–Crippen MR) is 126 cm³/mol. The van der Waals surface area contributed by atoms with E-state index in [1.165, 1.54) is 10.2 Å². The van der Waals surface area contributed by atoms with Gasteiger partial charge in [-0.15, -0.1) is 0 Å².